The number of benzene rings is 3. The minimum atomic E-state index is -0.844. The smallest absolute Gasteiger partial charge is 0.251 e. The van der Waals surface area contributed by atoms with Gasteiger partial charge in [0.2, 0.25) is 5.91 Å². The third kappa shape index (κ3) is 9.78. The van der Waals surface area contributed by atoms with E-state index in [2.05, 4.69) is 48.4 Å². The number of carbonyl (C=O) groups excluding carboxylic acids is 2. The van der Waals surface area contributed by atoms with E-state index >= 15 is 0 Å². The SMILES string of the molecule is COc1c(CN2O[C@@H](CN)[C@@H]([C@H](C)O)[C@H]2C(=O)N[C@H]2C[C@H]3C[C@@H]([C@@H]2C)C3(C)C)cccc1-c1cc(C(=O)N[C@@H](Cc2ccccc2)CN2CCOCC2)cc(N(C)CCO)c1. The first kappa shape index (κ1) is 45.0. The fraction of sp³-hybridized carbons (Fsp3) is 0.583. The van der Waals surface area contributed by atoms with Crippen molar-refractivity contribution in [2.45, 2.75) is 83.8 Å². The van der Waals surface area contributed by atoms with Crippen LogP contribution in [0.25, 0.3) is 11.1 Å². The van der Waals surface area contributed by atoms with Crippen LogP contribution in [0.1, 0.15) is 62.0 Å². The van der Waals surface area contributed by atoms with Crippen molar-refractivity contribution < 1.29 is 34.1 Å². The Balaban J connectivity index is 1.17. The molecule has 3 aromatic rings. The first-order valence-electron chi connectivity index (χ1n) is 22.2. The van der Waals surface area contributed by atoms with Crippen molar-refractivity contribution in [3.05, 3.63) is 83.4 Å². The third-order valence-electron chi connectivity index (χ3n) is 14.4. The van der Waals surface area contributed by atoms with Gasteiger partial charge in [0.1, 0.15) is 11.8 Å². The third-order valence-corrected chi connectivity index (χ3v) is 14.4. The van der Waals surface area contributed by atoms with Crippen molar-refractivity contribution in [3.63, 3.8) is 0 Å². The van der Waals surface area contributed by atoms with Crippen LogP contribution in [-0.2, 0) is 27.3 Å². The number of nitrogens with two attached hydrogens (primary N) is 1. The number of carbonyl (C=O) groups is 2. The Morgan fingerprint density at radius 1 is 1.07 bits per heavy atom. The Bertz CT molecular complexity index is 1960. The Kier molecular flexibility index (Phi) is 14.4. The van der Waals surface area contributed by atoms with Crippen LogP contribution in [0.15, 0.2) is 66.7 Å². The van der Waals surface area contributed by atoms with Gasteiger partial charge in [0, 0.05) is 80.2 Å². The van der Waals surface area contributed by atoms with Crippen LogP contribution >= 0.6 is 0 Å². The molecule has 2 heterocycles. The van der Waals surface area contributed by atoms with E-state index in [1.165, 1.54) is 6.42 Å². The van der Waals surface area contributed by atoms with E-state index < -0.39 is 24.2 Å². The van der Waals surface area contributed by atoms with Crippen LogP contribution in [0.5, 0.6) is 5.75 Å². The molecule has 5 fully saturated rings. The standard InChI is InChI=1S/C48H68N6O7/c1-30-40-25-36(48(40,3)4)26-41(30)51-47(58)44-43(31(2)56)42(27-49)61-54(44)28-33-13-10-14-39(45(33)59-6)34-22-35(24-38(23-34)52(5)15-18-55)46(57)50-37(21-32-11-8-7-9-12-32)29-53-16-19-60-20-17-53/h7-14,22-24,30-31,36-37,40-44,55-56H,15-21,25-29,49H2,1-6H3,(H,50,57)(H,51,58)/t30-,31-,36+,37-,40-,41-,42-,43+,44-/m0/s1. The van der Waals surface area contributed by atoms with Crippen LogP contribution in [0.4, 0.5) is 5.69 Å². The fourth-order valence-corrected chi connectivity index (χ4v) is 10.7. The molecule has 5 aliphatic rings. The maximum Gasteiger partial charge on any atom is 0.251 e. The number of hydrogen-bond donors (Lipinski definition) is 5. The molecule has 3 aromatic carbocycles. The summed E-state index contributed by atoms with van der Waals surface area (Å²) in [6.07, 6.45) is 1.41. The predicted molar refractivity (Wildman–Crippen MR) is 237 cm³/mol. The lowest BCUT2D eigenvalue weighted by Crippen LogP contribution is -2.62. The summed E-state index contributed by atoms with van der Waals surface area (Å²) in [6.45, 7) is 12.9. The summed E-state index contributed by atoms with van der Waals surface area (Å²) in [7, 11) is 3.51. The van der Waals surface area contributed by atoms with E-state index in [0.717, 1.165) is 47.5 Å². The summed E-state index contributed by atoms with van der Waals surface area (Å²) in [5.74, 6) is 1.13. The molecule has 0 aromatic heterocycles. The summed E-state index contributed by atoms with van der Waals surface area (Å²) >= 11 is 0. The summed E-state index contributed by atoms with van der Waals surface area (Å²) in [6, 6.07) is 20.9. The molecule has 13 nitrogen and oxygen atoms in total. The fourth-order valence-electron chi connectivity index (χ4n) is 10.7. The maximum absolute atomic E-state index is 14.4. The molecule has 3 saturated carbocycles. The van der Waals surface area contributed by atoms with Crippen molar-refractivity contribution in [3.8, 4) is 16.9 Å². The number of likely N-dealkylation sites (N-methyl/N-ethyl adjacent to an activating group) is 1. The van der Waals surface area contributed by atoms with Gasteiger partial charge >= 0.3 is 0 Å². The first-order valence-corrected chi connectivity index (χ1v) is 22.2. The maximum atomic E-state index is 14.4. The molecule has 13 heteroatoms. The van der Waals surface area contributed by atoms with Crippen LogP contribution in [0.3, 0.4) is 0 Å². The Hall–Kier alpha value is -4.08. The molecular formula is C48H68N6O7. The summed E-state index contributed by atoms with van der Waals surface area (Å²) in [5.41, 5.74) is 11.2. The molecule has 0 unspecified atom stereocenters. The van der Waals surface area contributed by atoms with Gasteiger partial charge < -0.3 is 41.0 Å². The highest BCUT2D eigenvalue weighted by atomic mass is 16.7. The average molecular weight is 841 g/mol. The number of anilines is 1. The average Bonchev–Trinajstić information content (AvgIpc) is 3.63. The van der Waals surface area contributed by atoms with Gasteiger partial charge in [0.15, 0.2) is 0 Å². The molecule has 2 bridgehead atoms. The van der Waals surface area contributed by atoms with Gasteiger partial charge in [-0.1, -0.05) is 69.3 Å². The summed E-state index contributed by atoms with van der Waals surface area (Å²) in [4.78, 5) is 39.5. The second-order valence-electron chi connectivity index (χ2n) is 18.5. The van der Waals surface area contributed by atoms with Crippen LogP contribution in [0.2, 0.25) is 0 Å². The van der Waals surface area contributed by atoms with Gasteiger partial charge in [-0.05, 0) is 78.7 Å². The van der Waals surface area contributed by atoms with E-state index in [-0.39, 0.29) is 49.0 Å². The quantitative estimate of drug-likeness (QED) is 0.133. The van der Waals surface area contributed by atoms with Crippen molar-refractivity contribution in [2.75, 3.05) is 71.6 Å². The largest absolute Gasteiger partial charge is 0.496 e. The lowest BCUT2D eigenvalue weighted by atomic mass is 9.45. The number of amides is 2. The van der Waals surface area contributed by atoms with Gasteiger partial charge in [0.05, 0.1) is 45.7 Å². The van der Waals surface area contributed by atoms with Crippen molar-refractivity contribution in [2.24, 2.45) is 34.8 Å². The van der Waals surface area contributed by atoms with E-state index in [9.17, 15) is 19.8 Å². The van der Waals surface area contributed by atoms with Gasteiger partial charge in [-0.3, -0.25) is 19.3 Å². The van der Waals surface area contributed by atoms with Crippen molar-refractivity contribution in [1.29, 1.82) is 0 Å². The zero-order valence-electron chi connectivity index (χ0n) is 36.9. The van der Waals surface area contributed by atoms with E-state index in [1.807, 2.05) is 66.5 Å². The summed E-state index contributed by atoms with van der Waals surface area (Å²) < 4.78 is 11.8. The van der Waals surface area contributed by atoms with E-state index in [1.54, 1.807) is 19.1 Å². The minimum Gasteiger partial charge on any atom is -0.496 e. The predicted octanol–water partition coefficient (Wildman–Crippen LogP) is 4.09. The van der Waals surface area contributed by atoms with E-state index in [4.69, 9.17) is 20.0 Å². The molecule has 2 aliphatic heterocycles. The number of nitrogens with one attached hydrogen (secondary N) is 2. The molecule has 0 spiro atoms. The lowest BCUT2D eigenvalue weighted by Gasteiger charge is -2.62. The number of rotatable bonds is 17. The number of fused-ring (bicyclic) bond motifs is 2. The molecular weight excluding hydrogens is 773 g/mol. The van der Waals surface area contributed by atoms with Gasteiger partial charge in [-0.2, -0.15) is 5.06 Å². The normalized spacial score (nSPS) is 27.1. The lowest BCUT2D eigenvalue weighted by molar-refractivity contribution is -0.175. The highest BCUT2D eigenvalue weighted by Gasteiger charge is 2.57. The van der Waals surface area contributed by atoms with Gasteiger partial charge in [-0.15, -0.1) is 0 Å². The molecule has 2 amide bonds. The second-order valence-corrected chi connectivity index (χ2v) is 18.5. The Labute approximate surface area is 361 Å². The highest BCUT2D eigenvalue weighted by Crippen LogP contribution is 2.61. The number of para-hydroxylation sites is 1. The molecule has 0 radical (unpaired) electrons. The zero-order chi connectivity index (χ0) is 43.4. The van der Waals surface area contributed by atoms with Crippen LogP contribution in [0, 0.1) is 29.1 Å². The molecule has 3 aliphatic carbocycles. The number of morpholine rings is 1. The molecule has 8 rings (SSSR count). The molecule has 61 heavy (non-hydrogen) atoms. The van der Waals surface area contributed by atoms with Gasteiger partial charge in [0.25, 0.3) is 5.91 Å². The number of nitrogens with zero attached hydrogens (tertiary/aromatic N) is 3. The molecule has 6 N–H and O–H groups in total. The number of aliphatic hydroxyl groups excluding tert-OH is 2. The number of hydrogen-bond acceptors (Lipinski definition) is 11. The number of aliphatic hydroxyl groups is 2. The molecule has 332 valence electrons. The summed E-state index contributed by atoms with van der Waals surface area (Å²) in [5, 5.41) is 29.4. The monoisotopic (exact) mass is 841 g/mol. The Morgan fingerprint density at radius 2 is 1.82 bits per heavy atom. The highest BCUT2D eigenvalue weighted by molar-refractivity contribution is 5.97. The van der Waals surface area contributed by atoms with Gasteiger partial charge in [-0.25, -0.2) is 0 Å². The minimum absolute atomic E-state index is 0.0474. The topological polar surface area (TPSA) is 162 Å². The van der Waals surface area contributed by atoms with Crippen molar-refractivity contribution >= 4 is 17.5 Å². The van der Waals surface area contributed by atoms with E-state index in [0.29, 0.717) is 61.8 Å². The first-order chi connectivity index (χ1) is 29.3. The number of methoxy groups -OCH3 is 1. The number of ether oxygens (including phenoxy) is 2. The Morgan fingerprint density at radius 3 is 2.48 bits per heavy atom. The van der Waals surface area contributed by atoms with Crippen molar-refractivity contribution in [1.82, 2.24) is 20.6 Å². The second kappa shape index (κ2) is 19.5. The van der Waals surface area contributed by atoms with Crippen LogP contribution < -0.4 is 26.0 Å². The molecule has 9 atom stereocenters. The van der Waals surface area contributed by atoms with Crippen LogP contribution in [-0.4, -0.2) is 129 Å². The number of hydroxylamine groups is 2. The zero-order valence-corrected chi connectivity index (χ0v) is 36.9. The molecule has 2 saturated heterocycles.